The number of hydrogen-bond acceptors (Lipinski definition) is 10. The Balaban J connectivity index is 1.43. The van der Waals surface area contributed by atoms with Gasteiger partial charge in [0.2, 0.25) is 5.91 Å². The van der Waals surface area contributed by atoms with Crippen LogP contribution in [0.1, 0.15) is 49.5 Å². The van der Waals surface area contributed by atoms with Gasteiger partial charge in [-0.05, 0) is 60.8 Å². The molecule has 1 aliphatic heterocycles. The molecule has 1 heterocycles. The van der Waals surface area contributed by atoms with Gasteiger partial charge in [0, 0.05) is 42.4 Å². The molecule has 3 aliphatic carbocycles. The van der Waals surface area contributed by atoms with Crippen molar-refractivity contribution in [3.05, 3.63) is 72.3 Å². The zero-order chi connectivity index (χ0) is 37.2. The van der Waals surface area contributed by atoms with Crippen molar-refractivity contribution in [2.24, 2.45) is 23.2 Å². The van der Waals surface area contributed by atoms with Crippen molar-refractivity contribution in [3.8, 4) is 16.9 Å². The highest BCUT2D eigenvalue weighted by Crippen LogP contribution is 2.60. The number of ether oxygens (including phenoxy) is 2. The molecule has 2 aromatic carbocycles. The number of nitrogens with zero attached hydrogens (tertiary/aromatic N) is 2. The Kier molecular flexibility index (Phi) is 11.6. The Labute approximate surface area is 300 Å². The van der Waals surface area contributed by atoms with E-state index in [0.717, 1.165) is 24.1 Å². The van der Waals surface area contributed by atoms with E-state index >= 15 is 0 Å². The minimum atomic E-state index is -0.944. The van der Waals surface area contributed by atoms with E-state index in [1.165, 1.54) is 11.1 Å². The average Bonchev–Trinajstić information content (AvgIpc) is 3.48. The number of para-hydroxylation sites is 1. The van der Waals surface area contributed by atoms with Crippen molar-refractivity contribution >= 4 is 23.5 Å². The Morgan fingerprint density at radius 2 is 1.94 bits per heavy atom. The summed E-state index contributed by atoms with van der Waals surface area (Å²) in [6.45, 7) is 13.5. The van der Waals surface area contributed by atoms with Crippen LogP contribution in [0, 0.1) is 23.2 Å². The molecule has 4 aliphatic rings. The van der Waals surface area contributed by atoms with E-state index < -0.39 is 36.0 Å². The maximum absolute atomic E-state index is 14.1. The third-order valence-electron chi connectivity index (χ3n) is 11.0. The Morgan fingerprint density at radius 3 is 2.55 bits per heavy atom. The molecular formula is C39H52N4O8. The molecule has 4 fully saturated rings. The fourth-order valence-electron chi connectivity index (χ4n) is 7.97. The molecule has 2 aromatic rings. The summed E-state index contributed by atoms with van der Waals surface area (Å²) in [5.41, 5.74) is 4.33. The van der Waals surface area contributed by atoms with Crippen LogP contribution in [0.3, 0.4) is 0 Å². The SMILES string of the molecule is C=CCOC(=O)CNC(=O)c1cc(-c2cccc(CN3O[C@@H](CO)[C@@H]([C@H](C)O)[C@H]3C(=O)N[C@H]3C[C@H]4C[C@@H](C3=C)C4(C)C)c2OC)cc(N(C)C)c1. The van der Waals surface area contributed by atoms with Gasteiger partial charge in [0.25, 0.3) is 5.91 Å². The highest BCUT2D eigenvalue weighted by atomic mass is 16.7. The molecule has 0 aromatic heterocycles. The van der Waals surface area contributed by atoms with Gasteiger partial charge in [-0.1, -0.05) is 56.9 Å². The Bertz CT molecular complexity index is 1660. The van der Waals surface area contributed by atoms with E-state index in [-0.39, 0.29) is 43.7 Å². The first-order valence-electron chi connectivity index (χ1n) is 17.5. The molecule has 2 amide bonds. The zero-order valence-corrected chi connectivity index (χ0v) is 30.5. The predicted molar refractivity (Wildman–Crippen MR) is 194 cm³/mol. The number of fused-ring (bicyclic) bond motifs is 2. The quantitative estimate of drug-likeness (QED) is 0.170. The van der Waals surface area contributed by atoms with E-state index in [1.54, 1.807) is 26.2 Å². The number of carbonyl (C=O) groups excluding carboxylic acids is 3. The van der Waals surface area contributed by atoms with Crippen LogP contribution in [0.15, 0.2) is 61.2 Å². The molecule has 12 nitrogen and oxygen atoms in total. The predicted octanol–water partition coefficient (Wildman–Crippen LogP) is 3.47. The number of nitrogens with one attached hydrogen (secondary N) is 2. The van der Waals surface area contributed by atoms with Crippen molar-refractivity contribution < 1.29 is 38.9 Å². The first kappa shape index (κ1) is 38.0. The van der Waals surface area contributed by atoms with E-state index in [9.17, 15) is 24.6 Å². The van der Waals surface area contributed by atoms with E-state index in [4.69, 9.17) is 14.3 Å². The number of esters is 1. The number of hydroxylamine groups is 2. The number of methoxy groups -OCH3 is 1. The fourth-order valence-corrected chi connectivity index (χ4v) is 7.97. The summed E-state index contributed by atoms with van der Waals surface area (Å²) in [6.07, 6.45) is 1.60. The van der Waals surface area contributed by atoms with E-state index in [2.05, 4.69) is 37.6 Å². The number of anilines is 1. The van der Waals surface area contributed by atoms with Crippen molar-refractivity contribution in [2.75, 3.05) is 45.9 Å². The molecule has 51 heavy (non-hydrogen) atoms. The fraction of sp³-hybridized carbons (Fsp3) is 0.513. The number of aliphatic hydroxyl groups excluding tert-OH is 2. The van der Waals surface area contributed by atoms with Crippen LogP contribution in [0.2, 0.25) is 0 Å². The summed E-state index contributed by atoms with van der Waals surface area (Å²) in [5.74, 6) is -0.679. The highest BCUT2D eigenvalue weighted by molar-refractivity contribution is 5.98. The summed E-state index contributed by atoms with van der Waals surface area (Å²) < 4.78 is 11.0. The van der Waals surface area contributed by atoms with Crippen LogP contribution >= 0.6 is 0 Å². The Hall–Kier alpha value is -4.23. The average molecular weight is 705 g/mol. The molecule has 0 spiro atoms. The summed E-state index contributed by atoms with van der Waals surface area (Å²) in [5, 5.41) is 28.5. The summed E-state index contributed by atoms with van der Waals surface area (Å²) in [4.78, 5) is 47.4. The normalized spacial score (nSPS) is 25.7. The third kappa shape index (κ3) is 7.69. The van der Waals surface area contributed by atoms with Crippen molar-refractivity contribution in [3.63, 3.8) is 0 Å². The lowest BCUT2D eigenvalue weighted by atomic mass is 9.46. The lowest BCUT2D eigenvalue weighted by Crippen LogP contribution is -2.59. The molecular weight excluding hydrogens is 652 g/mol. The van der Waals surface area contributed by atoms with Gasteiger partial charge >= 0.3 is 5.97 Å². The maximum atomic E-state index is 14.1. The number of rotatable bonds is 14. The molecule has 6 rings (SSSR count). The van der Waals surface area contributed by atoms with Gasteiger partial charge in [0.05, 0.1) is 32.4 Å². The number of amides is 2. The molecule has 0 radical (unpaired) electrons. The molecule has 12 heteroatoms. The van der Waals surface area contributed by atoms with Crippen molar-refractivity contribution in [1.29, 1.82) is 0 Å². The maximum Gasteiger partial charge on any atom is 0.325 e. The summed E-state index contributed by atoms with van der Waals surface area (Å²) in [6, 6.07) is 9.88. The second-order valence-corrected chi connectivity index (χ2v) is 14.7. The first-order valence-corrected chi connectivity index (χ1v) is 17.5. The van der Waals surface area contributed by atoms with Gasteiger partial charge in [-0.2, -0.15) is 5.06 Å². The number of hydrogen-bond donors (Lipinski definition) is 4. The summed E-state index contributed by atoms with van der Waals surface area (Å²) >= 11 is 0. The Morgan fingerprint density at radius 1 is 1.20 bits per heavy atom. The van der Waals surface area contributed by atoms with Crippen molar-refractivity contribution in [2.45, 2.75) is 64.4 Å². The van der Waals surface area contributed by atoms with Crippen LogP contribution in [0.5, 0.6) is 5.75 Å². The minimum Gasteiger partial charge on any atom is -0.496 e. The molecule has 7 atom stereocenters. The molecule has 1 saturated heterocycles. The molecule has 3 saturated carbocycles. The van der Waals surface area contributed by atoms with E-state index in [1.807, 2.05) is 43.3 Å². The topological polar surface area (TPSA) is 150 Å². The standard InChI is InChI=1S/C39H52N4O8/c1-9-13-50-33(46)19-40-37(47)26-14-25(15-28(16-26)42(6)7)29-12-10-11-24(36(29)49-8)20-43-35(34(23(3)45)32(21-44)51-43)38(48)41-31-18-27-17-30(22(31)2)39(27,4)5/h9-12,14-16,23,27,30-32,34-35,44-45H,1-2,13,17-21H2,3-8H3,(H,40,47)(H,41,48)/t23-,27+,30-,31-,32-,34+,35-/m0/s1. The van der Waals surface area contributed by atoms with Crippen LogP contribution < -0.4 is 20.3 Å². The van der Waals surface area contributed by atoms with Gasteiger partial charge in [0.1, 0.15) is 31.0 Å². The number of aliphatic hydroxyl groups is 2. The van der Waals surface area contributed by atoms with Gasteiger partial charge in [-0.25, -0.2) is 0 Å². The van der Waals surface area contributed by atoms with Gasteiger partial charge in [-0.15, -0.1) is 0 Å². The number of benzene rings is 2. The van der Waals surface area contributed by atoms with Crippen LogP contribution in [-0.2, 0) is 25.7 Å². The molecule has 4 N–H and O–H groups in total. The molecule has 276 valence electrons. The van der Waals surface area contributed by atoms with Crippen LogP contribution in [-0.4, -0.2) is 98.3 Å². The number of carbonyl (C=O) groups is 3. The van der Waals surface area contributed by atoms with Gasteiger partial charge < -0.3 is 35.2 Å². The molecule has 0 unspecified atom stereocenters. The first-order chi connectivity index (χ1) is 24.2. The lowest BCUT2D eigenvalue weighted by Gasteiger charge is -2.60. The monoisotopic (exact) mass is 704 g/mol. The smallest absolute Gasteiger partial charge is 0.325 e. The third-order valence-corrected chi connectivity index (χ3v) is 11.0. The van der Waals surface area contributed by atoms with Crippen molar-refractivity contribution in [1.82, 2.24) is 15.7 Å². The highest BCUT2D eigenvalue weighted by Gasteiger charge is 2.56. The molecule has 2 bridgehead atoms. The van der Waals surface area contributed by atoms with Gasteiger partial charge in [0.15, 0.2) is 0 Å². The second kappa shape index (κ2) is 15.6. The largest absolute Gasteiger partial charge is 0.496 e. The van der Waals surface area contributed by atoms with Crippen LogP contribution in [0.25, 0.3) is 11.1 Å². The van der Waals surface area contributed by atoms with Crippen LogP contribution in [0.4, 0.5) is 5.69 Å². The zero-order valence-electron chi connectivity index (χ0n) is 30.5. The van der Waals surface area contributed by atoms with Gasteiger partial charge in [-0.3, -0.25) is 19.2 Å². The minimum absolute atomic E-state index is 0.0505. The second-order valence-electron chi connectivity index (χ2n) is 14.7. The summed E-state index contributed by atoms with van der Waals surface area (Å²) in [7, 11) is 5.27. The lowest BCUT2D eigenvalue weighted by molar-refractivity contribution is -0.182. The van der Waals surface area contributed by atoms with E-state index in [0.29, 0.717) is 39.8 Å².